The van der Waals surface area contributed by atoms with Gasteiger partial charge in [-0.2, -0.15) is 0 Å². The van der Waals surface area contributed by atoms with Crippen LogP contribution >= 0.6 is 0 Å². The second-order valence-electron chi connectivity index (χ2n) is 4.69. The van der Waals surface area contributed by atoms with Gasteiger partial charge in [0.25, 0.3) is 0 Å². The van der Waals surface area contributed by atoms with Gasteiger partial charge in [0.05, 0.1) is 17.6 Å². The number of hydrogen-bond acceptors (Lipinski definition) is 4. The molecule has 1 aromatic heterocycles. The lowest BCUT2D eigenvalue weighted by molar-refractivity contribution is 0.340. The summed E-state index contributed by atoms with van der Waals surface area (Å²) in [6, 6.07) is 14.1. The Morgan fingerprint density at radius 2 is 1.71 bits per heavy atom. The van der Waals surface area contributed by atoms with Crippen molar-refractivity contribution in [3.63, 3.8) is 0 Å². The summed E-state index contributed by atoms with van der Waals surface area (Å²) >= 11 is 0. The summed E-state index contributed by atoms with van der Waals surface area (Å²) in [4.78, 5) is 8.57. The highest BCUT2D eigenvalue weighted by molar-refractivity contribution is 5.78. The fourth-order valence-corrected chi connectivity index (χ4v) is 2.15. The van der Waals surface area contributed by atoms with Gasteiger partial charge in [0.15, 0.2) is 0 Å². The van der Waals surface area contributed by atoms with E-state index in [0.29, 0.717) is 6.61 Å². The summed E-state index contributed by atoms with van der Waals surface area (Å²) in [7, 11) is 0. The van der Waals surface area contributed by atoms with Crippen LogP contribution in [0.5, 0.6) is 5.75 Å². The maximum Gasteiger partial charge on any atom is 0.119 e. The van der Waals surface area contributed by atoms with Gasteiger partial charge in [0.2, 0.25) is 0 Å². The van der Waals surface area contributed by atoms with Crippen LogP contribution in [0.15, 0.2) is 54.9 Å². The molecule has 4 nitrogen and oxygen atoms in total. The molecular formula is C17H17N3O. The molecule has 0 saturated heterocycles. The summed E-state index contributed by atoms with van der Waals surface area (Å²) in [6.07, 6.45) is 3.41. The molecule has 0 amide bonds. The standard InChI is InChI=1S/C17H17N3O/c1-2-21-15-6-3-13(4-7-15)12-20-14-5-8-16-17(11-14)19-10-9-18-16/h3-11,20H,2,12H2,1H3. The van der Waals surface area contributed by atoms with Gasteiger partial charge in [-0.3, -0.25) is 9.97 Å². The van der Waals surface area contributed by atoms with Crippen LogP contribution in [0.2, 0.25) is 0 Å². The average Bonchev–Trinajstić information content (AvgIpc) is 2.54. The van der Waals surface area contributed by atoms with Gasteiger partial charge in [-0.05, 0) is 42.8 Å². The molecule has 3 rings (SSSR count). The molecule has 1 heterocycles. The Morgan fingerprint density at radius 3 is 2.48 bits per heavy atom. The highest BCUT2D eigenvalue weighted by atomic mass is 16.5. The van der Waals surface area contributed by atoms with E-state index in [-0.39, 0.29) is 0 Å². The van der Waals surface area contributed by atoms with E-state index in [1.54, 1.807) is 12.4 Å². The number of fused-ring (bicyclic) bond motifs is 1. The topological polar surface area (TPSA) is 47.0 Å². The lowest BCUT2D eigenvalue weighted by Crippen LogP contribution is -2.00. The molecule has 0 atom stereocenters. The van der Waals surface area contributed by atoms with E-state index in [9.17, 15) is 0 Å². The first-order valence-corrected chi connectivity index (χ1v) is 7.01. The molecule has 0 saturated carbocycles. The third kappa shape index (κ3) is 3.28. The van der Waals surface area contributed by atoms with Crippen LogP contribution in [0.3, 0.4) is 0 Å². The van der Waals surface area contributed by atoms with Gasteiger partial charge in [0, 0.05) is 24.6 Å². The third-order valence-electron chi connectivity index (χ3n) is 3.20. The van der Waals surface area contributed by atoms with Gasteiger partial charge in [-0.25, -0.2) is 0 Å². The summed E-state index contributed by atoms with van der Waals surface area (Å²) < 4.78 is 5.44. The smallest absolute Gasteiger partial charge is 0.119 e. The van der Waals surface area contributed by atoms with E-state index in [1.165, 1.54) is 5.56 Å². The molecule has 0 radical (unpaired) electrons. The Hall–Kier alpha value is -2.62. The van der Waals surface area contributed by atoms with E-state index >= 15 is 0 Å². The first-order chi connectivity index (χ1) is 10.3. The Balaban J connectivity index is 1.68. The average molecular weight is 279 g/mol. The van der Waals surface area contributed by atoms with Gasteiger partial charge >= 0.3 is 0 Å². The molecule has 0 aliphatic rings. The fourth-order valence-electron chi connectivity index (χ4n) is 2.15. The monoisotopic (exact) mass is 279 g/mol. The van der Waals surface area contributed by atoms with Crippen molar-refractivity contribution in [3.8, 4) is 5.75 Å². The Labute approximate surface area is 123 Å². The SMILES string of the molecule is CCOc1ccc(CNc2ccc3nccnc3c2)cc1. The maximum atomic E-state index is 5.44. The third-order valence-corrected chi connectivity index (χ3v) is 3.20. The molecule has 3 aromatic rings. The van der Waals surface area contributed by atoms with E-state index in [4.69, 9.17) is 4.74 Å². The molecule has 0 fully saturated rings. The molecule has 0 aliphatic carbocycles. The van der Waals surface area contributed by atoms with Crippen molar-refractivity contribution in [1.29, 1.82) is 0 Å². The minimum absolute atomic E-state index is 0.690. The number of rotatable bonds is 5. The first kappa shape index (κ1) is 13.4. The normalized spacial score (nSPS) is 10.5. The van der Waals surface area contributed by atoms with Crippen molar-refractivity contribution in [3.05, 3.63) is 60.4 Å². The molecule has 2 aromatic carbocycles. The van der Waals surface area contributed by atoms with Crippen LogP contribution < -0.4 is 10.1 Å². The van der Waals surface area contributed by atoms with Crippen LogP contribution in [0, 0.1) is 0 Å². The van der Waals surface area contributed by atoms with E-state index in [2.05, 4.69) is 27.4 Å². The molecule has 106 valence electrons. The van der Waals surface area contributed by atoms with E-state index in [1.807, 2.05) is 37.3 Å². The highest BCUT2D eigenvalue weighted by Gasteiger charge is 1.99. The number of hydrogen-bond donors (Lipinski definition) is 1. The zero-order valence-electron chi connectivity index (χ0n) is 11.9. The van der Waals surface area contributed by atoms with Crippen molar-refractivity contribution in [1.82, 2.24) is 9.97 Å². The number of nitrogens with zero attached hydrogens (tertiary/aromatic N) is 2. The van der Waals surface area contributed by atoms with Crippen molar-refractivity contribution in [2.75, 3.05) is 11.9 Å². The Kier molecular flexibility index (Phi) is 3.96. The van der Waals surface area contributed by atoms with Crippen molar-refractivity contribution in [2.24, 2.45) is 0 Å². The summed E-state index contributed by atoms with van der Waals surface area (Å²) in [5.74, 6) is 0.905. The summed E-state index contributed by atoms with van der Waals surface area (Å²) in [5, 5.41) is 3.40. The van der Waals surface area contributed by atoms with Crippen molar-refractivity contribution < 1.29 is 4.74 Å². The summed E-state index contributed by atoms with van der Waals surface area (Å²) in [5.41, 5.74) is 4.05. The van der Waals surface area contributed by atoms with Gasteiger partial charge in [0.1, 0.15) is 5.75 Å². The second kappa shape index (κ2) is 6.22. The van der Waals surface area contributed by atoms with Crippen LogP contribution in [0.4, 0.5) is 5.69 Å². The maximum absolute atomic E-state index is 5.44. The van der Waals surface area contributed by atoms with Gasteiger partial charge in [-0.15, -0.1) is 0 Å². The Morgan fingerprint density at radius 1 is 0.952 bits per heavy atom. The molecule has 0 unspecified atom stereocenters. The fraction of sp³-hybridized carbons (Fsp3) is 0.176. The molecule has 4 heteroatoms. The Bertz CT molecular complexity index is 725. The van der Waals surface area contributed by atoms with Crippen LogP contribution in [0.25, 0.3) is 11.0 Å². The predicted molar refractivity (Wildman–Crippen MR) is 84.5 cm³/mol. The molecule has 1 N–H and O–H groups in total. The number of aromatic nitrogens is 2. The van der Waals surface area contributed by atoms with Crippen LogP contribution in [-0.4, -0.2) is 16.6 Å². The van der Waals surface area contributed by atoms with E-state index < -0.39 is 0 Å². The first-order valence-electron chi connectivity index (χ1n) is 7.01. The molecule has 21 heavy (non-hydrogen) atoms. The number of ether oxygens (including phenoxy) is 1. The largest absolute Gasteiger partial charge is 0.494 e. The highest BCUT2D eigenvalue weighted by Crippen LogP contribution is 2.17. The molecule has 0 aliphatic heterocycles. The molecule has 0 spiro atoms. The van der Waals surface area contributed by atoms with Gasteiger partial charge in [-0.1, -0.05) is 12.1 Å². The molecule has 0 bridgehead atoms. The minimum Gasteiger partial charge on any atom is -0.494 e. The van der Waals surface area contributed by atoms with Crippen molar-refractivity contribution in [2.45, 2.75) is 13.5 Å². The zero-order valence-corrected chi connectivity index (χ0v) is 11.9. The van der Waals surface area contributed by atoms with Crippen LogP contribution in [-0.2, 0) is 6.54 Å². The van der Waals surface area contributed by atoms with E-state index in [0.717, 1.165) is 29.0 Å². The summed E-state index contributed by atoms with van der Waals surface area (Å²) in [6.45, 7) is 3.44. The van der Waals surface area contributed by atoms with Crippen LogP contribution in [0.1, 0.15) is 12.5 Å². The number of nitrogens with one attached hydrogen (secondary N) is 1. The lowest BCUT2D eigenvalue weighted by Gasteiger charge is -2.08. The van der Waals surface area contributed by atoms with Gasteiger partial charge < -0.3 is 10.1 Å². The second-order valence-corrected chi connectivity index (χ2v) is 4.69. The quantitative estimate of drug-likeness (QED) is 0.774. The lowest BCUT2D eigenvalue weighted by atomic mass is 10.2. The zero-order chi connectivity index (χ0) is 14.5. The molecular weight excluding hydrogens is 262 g/mol. The number of anilines is 1. The van der Waals surface area contributed by atoms with Crippen molar-refractivity contribution >= 4 is 16.7 Å². The predicted octanol–water partition coefficient (Wildman–Crippen LogP) is 3.64. The number of benzene rings is 2. The minimum atomic E-state index is 0.690.